The van der Waals surface area contributed by atoms with E-state index in [9.17, 15) is 9.59 Å². The molecule has 0 saturated heterocycles. The van der Waals surface area contributed by atoms with Crippen molar-refractivity contribution in [3.8, 4) is 0 Å². The fourth-order valence-corrected chi connectivity index (χ4v) is 2.54. The zero-order valence-corrected chi connectivity index (χ0v) is 11.5. The van der Waals surface area contributed by atoms with Crippen LogP contribution in [0.1, 0.15) is 46.0 Å². The van der Waals surface area contributed by atoms with Crippen LogP contribution in [0.3, 0.4) is 0 Å². The number of carbonyl (C=O) groups excluding carboxylic acids is 2. The van der Waals surface area contributed by atoms with Crippen LogP contribution in [-0.4, -0.2) is 29.1 Å². The van der Waals surface area contributed by atoms with Crippen molar-refractivity contribution < 1.29 is 9.59 Å². The number of nitrogens with one attached hydrogen (secondary N) is 2. The van der Waals surface area contributed by atoms with E-state index in [4.69, 9.17) is 0 Å². The number of rotatable bonds is 4. The van der Waals surface area contributed by atoms with E-state index in [1.165, 1.54) is 13.3 Å². The first-order valence-electron chi connectivity index (χ1n) is 6.17. The molecule has 5 heteroatoms. The topological polar surface area (TPSA) is 58.2 Å². The third kappa shape index (κ3) is 4.58. The fraction of sp³-hybridized carbons (Fsp3) is 0.833. The van der Waals surface area contributed by atoms with Crippen LogP contribution >= 0.6 is 12.6 Å². The van der Waals surface area contributed by atoms with E-state index >= 15 is 0 Å². The van der Waals surface area contributed by atoms with Gasteiger partial charge in [0.15, 0.2) is 0 Å². The number of carbonyl (C=O) groups is 2. The first-order chi connectivity index (χ1) is 7.97. The van der Waals surface area contributed by atoms with Crippen LogP contribution in [-0.2, 0) is 9.59 Å². The first-order valence-corrected chi connectivity index (χ1v) is 6.80. The molecule has 1 unspecified atom stereocenters. The van der Waals surface area contributed by atoms with E-state index < -0.39 is 6.04 Å². The highest BCUT2D eigenvalue weighted by atomic mass is 32.1. The van der Waals surface area contributed by atoms with Crippen molar-refractivity contribution >= 4 is 24.4 Å². The monoisotopic (exact) mass is 258 g/mol. The maximum atomic E-state index is 12.0. The predicted molar refractivity (Wildman–Crippen MR) is 71.1 cm³/mol. The minimum Gasteiger partial charge on any atom is -0.349 e. The third-order valence-electron chi connectivity index (χ3n) is 3.26. The van der Waals surface area contributed by atoms with E-state index in [-0.39, 0.29) is 17.4 Å². The summed E-state index contributed by atoms with van der Waals surface area (Å²) in [5, 5.41) is 5.66. The molecule has 1 aliphatic rings. The molecule has 0 spiro atoms. The van der Waals surface area contributed by atoms with Crippen LogP contribution in [0.4, 0.5) is 0 Å². The molecule has 98 valence electrons. The van der Waals surface area contributed by atoms with Crippen molar-refractivity contribution in [2.75, 3.05) is 5.75 Å². The summed E-state index contributed by atoms with van der Waals surface area (Å²) in [6.45, 7) is 3.49. The normalized spacial score (nSPS) is 20.4. The molecule has 1 fully saturated rings. The van der Waals surface area contributed by atoms with Crippen molar-refractivity contribution in [1.29, 1.82) is 0 Å². The molecule has 2 N–H and O–H groups in total. The van der Waals surface area contributed by atoms with Crippen LogP contribution in [0.2, 0.25) is 0 Å². The molecule has 1 atom stereocenters. The molecule has 0 bridgehead atoms. The zero-order valence-electron chi connectivity index (χ0n) is 10.6. The Kier molecular flexibility index (Phi) is 5.31. The zero-order chi connectivity index (χ0) is 12.9. The summed E-state index contributed by atoms with van der Waals surface area (Å²) in [5.41, 5.74) is -0.116. The third-order valence-corrected chi connectivity index (χ3v) is 3.62. The number of thiol groups is 1. The molecule has 1 aliphatic carbocycles. The largest absolute Gasteiger partial charge is 0.349 e. The van der Waals surface area contributed by atoms with E-state index in [2.05, 4.69) is 30.2 Å². The van der Waals surface area contributed by atoms with Crippen molar-refractivity contribution in [3.63, 3.8) is 0 Å². The lowest BCUT2D eigenvalue weighted by atomic mass is 9.83. The molecule has 4 nitrogen and oxygen atoms in total. The van der Waals surface area contributed by atoms with Crippen molar-refractivity contribution in [2.24, 2.45) is 0 Å². The summed E-state index contributed by atoms with van der Waals surface area (Å²) in [6, 6.07) is -0.533. The van der Waals surface area contributed by atoms with Gasteiger partial charge in [0.2, 0.25) is 11.8 Å². The van der Waals surface area contributed by atoms with Gasteiger partial charge < -0.3 is 10.6 Å². The van der Waals surface area contributed by atoms with Gasteiger partial charge in [-0.1, -0.05) is 19.3 Å². The maximum absolute atomic E-state index is 12.0. The highest BCUT2D eigenvalue weighted by Crippen LogP contribution is 2.27. The van der Waals surface area contributed by atoms with Crippen LogP contribution in [0.5, 0.6) is 0 Å². The summed E-state index contributed by atoms with van der Waals surface area (Å²) in [4.78, 5) is 23.0. The molecular formula is C12H22N2O2S. The van der Waals surface area contributed by atoms with Gasteiger partial charge in [0.05, 0.1) is 0 Å². The standard InChI is InChI=1S/C12H22N2O2S/c1-9(15)13-10(8-17)11(16)14-12(2)6-4-3-5-7-12/h10,17H,3-8H2,1-2H3,(H,13,15)(H,14,16). The van der Waals surface area contributed by atoms with E-state index in [0.717, 1.165) is 25.7 Å². The van der Waals surface area contributed by atoms with Crippen molar-refractivity contribution in [1.82, 2.24) is 10.6 Å². The Hall–Kier alpha value is -0.710. The summed E-state index contributed by atoms with van der Waals surface area (Å²) in [5.74, 6) is -0.00537. The highest BCUT2D eigenvalue weighted by molar-refractivity contribution is 7.80. The Morgan fingerprint density at radius 1 is 1.29 bits per heavy atom. The Morgan fingerprint density at radius 3 is 2.35 bits per heavy atom. The molecule has 0 radical (unpaired) electrons. The molecule has 0 heterocycles. The SMILES string of the molecule is CC(=O)NC(CS)C(=O)NC1(C)CCCCC1. The van der Waals surface area contributed by atoms with Gasteiger partial charge in [0.1, 0.15) is 6.04 Å². The van der Waals surface area contributed by atoms with Crippen LogP contribution in [0.25, 0.3) is 0 Å². The second-order valence-electron chi connectivity index (χ2n) is 5.05. The van der Waals surface area contributed by atoms with Crippen molar-refractivity contribution in [3.05, 3.63) is 0 Å². The quantitative estimate of drug-likeness (QED) is 0.665. The van der Waals surface area contributed by atoms with Crippen molar-refractivity contribution in [2.45, 2.75) is 57.5 Å². The van der Waals surface area contributed by atoms with Gasteiger partial charge in [-0.2, -0.15) is 12.6 Å². The molecule has 2 amide bonds. The summed E-state index contributed by atoms with van der Waals surface area (Å²) < 4.78 is 0. The second kappa shape index (κ2) is 6.28. The molecule has 0 aromatic carbocycles. The molecule has 17 heavy (non-hydrogen) atoms. The Morgan fingerprint density at radius 2 is 1.88 bits per heavy atom. The number of hydrogen-bond donors (Lipinski definition) is 3. The molecule has 0 aliphatic heterocycles. The summed E-state index contributed by atoms with van der Waals surface area (Å²) >= 11 is 4.10. The molecule has 0 aromatic heterocycles. The van der Waals surface area contributed by atoms with Crippen LogP contribution in [0, 0.1) is 0 Å². The van der Waals surface area contributed by atoms with E-state index in [1.54, 1.807) is 0 Å². The second-order valence-corrected chi connectivity index (χ2v) is 5.41. The molecule has 1 rings (SSSR count). The van der Waals surface area contributed by atoms with Gasteiger partial charge in [0.25, 0.3) is 0 Å². The fourth-order valence-electron chi connectivity index (χ4n) is 2.28. The molecule has 1 saturated carbocycles. The van der Waals surface area contributed by atoms with Gasteiger partial charge in [-0.25, -0.2) is 0 Å². The van der Waals surface area contributed by atoms with Gasteiger partial charge in [0, 0.05) is 18.2 Å². The summed E-state index contributed by atoms with van der Waals surface area (Å²) in [7, 11) is 0. The first kappa shape index (κ1) is 14.4. The van der Waals surface area contributed by atoms with E-state index in [1.807, 2.05) is 0 Å². The summed E-state index contributed by atoms with van der Waals surface area (Å²) in [6.07, 6.45) is 5.58. The minimum absolute atomic E-state index is 0.116. The lowest BCUT2D eigenvalue weighted by molar-refractivity contribution is -0.129. The van der Waals surface area contributed by atoms with Gasteiger partial charge in [-0.3, -0.25) is 9.59 Å². The lowest BCUT2D eigenvalue weighted by Crippen LogP contribution is -2.55. The number of hydrogen-bond acceptors (Lipinski definition) is 3. The van der Waals surface area contributed by atoms with Gasteiger partial charge in [-0.05, 0) is 19.8 Å². The van der Waals surface area contributed by atoms with Crippen LogP contribution in [0.15, 0.2) is 0 Å². The smallest absolute Gasteiger partial charge is 0.243 e. The van der Waals surface area contributed by atoms with Crippen LogP contribution < -0.4 is 10.6 Å². The predicted octanol–water partition coefficient (Wildman–Crippen LogP) is 1.26. The Bertz CT molecular complexity index is 288. The Balaban J connectivity index is 2.53. The van der Waals surface area contributed by atoms with E-state index in [0.29, 0.717) is 5.75 Å². The minimum atomic E-state index is -0.533. The maximum Gasteiger partial charge on any atom is 0.243 e. The highest BCUT2D eigenvalue weighted by Gasteiger charge is 2.30. The molecular weight excluding hydrogens is 236 g/mol. The average Bonchev–Trinajstić information content (AvgIpc) is 2.25. The van der Waals surface area contributed by atoms with Gasteiger partial charge >= 0.3 is 0 Å². The van der Waals surface area contributed by atoms with Gasteiger partial charge in [-0.15, -0.1) is 0 Å². The lowest BCUT2D eigenvalue weighted by Gasteiger charge is -2.35. The molecule has 0 aromatic rings. The Labute approximate surface area is 108 Å². The number of amides is 2. The average molecular weight is 258 g/mol.